The molecule has 0 bridgehead atoms. The summed E-state index contributed by atoms with van der Waals surface area (Å²) in [5.41, 5.74) is 10.2. The van der Waals surface area contributed by atoms with E-state index in [-0.39, 0.29) is 0 Å². The van der Waals surface area contributed by atoms with Gasteiger partial charge in [-0.1, -0.05) is 201 Å². The van der Waals surface area contributed by atoms with Crippen molar-refractivity contribution in [2.24, 2.45) is 0 Å². The van der Waals surface area contributed by atoms with Gasteiger partial charge in [-0.25, -0.2) is 0 Å². The summed E-state index contributed by atoms with van der Waals surface area (Å²) in [5.74, 6) is 0. The van der Waals surface area contributed by atoms with Crippen molar-refractivity contribution in [2.45, 2.75) is 39.3 Å². The fourth-order valence-corrected chi connectivity index (χ4v) is 12.2. The van der Waals surface area contributed by atoms with Crippen molar-refractivity contribution in [3.05, 3.63) is 182 Å². The molecule has 0 radical (unpaired) electrons. The van der Waals surface area contributed by atoms with E-state index in [0.717, 1.165) is 0 Å². The molecular weight excluding hydrogens is 753 g/mol. The van der Waals surface area contributed by atoms with E-state index in [4.69, 9.17) is 0 Å². The van der Waals surface area contributed by atoms with Gasteiger partial charge < -0.3 is 0 Å². The Balaban J connectivity index is 1.30. The van der Waals surface area contributed by atoms with Gasteiger partial charge in [-0.2, -0.15) is 0 Å². The van der Waals surface area contributed by atoms with E-state index in [1.54, 1.807) is 0 Å². The molecule has 0 aliphatic rings. The molecule has 288 valence electrons. The van der Waals surface area contributed by atoms with Crippen LogP contribution >= 0.6 is 0 Å². The largest absolute Gasteiger partial charge is 0.0776 e. The number of hydrogen-bond donors (Lipinski definition) is 0. The van der Waals surface area contributed by atoms with Crippen LogP contribution in [-0.4, -0.2) is 16.1 Å². The van der Waals surface area contributed by atoms with E-state index >= 15 is 0 Å². The molecule has 0 spiro atoms. The first kappa shape index (κ1) is 36.7. The molecule has 11 rings (SSSR count). The van der Waals surface area contributed by atoms with E-state index in [9.17, 15) is 0 Å². The van der Waals surface area contributed by atoms with Crippen LogP contribution in [0.3, 0.4) is 0 Å². The van der Waals surface area contributed by atoms with Crippen molar-refractivity contribution in [1.82, 2.24) is 0 Å². The predicted molar refractivity (Wildman–Crippen MR) is 270 cm³/mol. The Hall–Kier alpha value is -6.33. The van der Waals surface area contributed by atoms with Crippen LogP contribution in [0.1, 0.15) is 0 Å². The second-order valence-electron chi connectivity index (χ2n) is 19.0. The third-order valence-corrected chi connectivity index (χ3v) is 17.1. The minimum atomic E-state index is -1.65. The van der Waals surface area contributed by atoms with Crippen LogP contribution < -0.4 is 10.4 Å². The smallest absolute Gasteiger partial charge is 0.0656 e. The van der Waals surface area contributed by atoms with Gasteiger partial charge in [-0.05, 0) is 139 Å². The third-order valence-electron chi connectivity index (χ3n) is 13.1. The van der Waals surface area contributed by atoms with Crippen molar-refractivity contribution < 1.29 is 0 Å². The molecule has 0 N–H and O–H groups in total. The number of rotatable bonds is 6. The van der Waals surface area contributed by atoms with E-state index in [1.165, 1.54) is 120 Å². The zero-order valence-electron chi connectivity index (χ0n) is 35.3. The number of hydrogen-bond acceptors (Lipinski definition) is 0. The topological polar surface area (TPSA) is 0 Å². The first-order valence-corrected chi connectivity index (χ1v) is 28.4. The maximum atomic E-state index is 2.56. The second kappa shape index (κ2) is 13.6. The molecule has 0 aromatic heterocycles. The van der Waals surface area contributed by atoms with Crippen molar-refractivity contribution in [3.8, 4) is 44.5 Å². The minimum Gasteiger partial charge on any atom is -0.0656 e. The third kappa shape index (κ3) is 6.08. The summed E-state index contributed by atoms with van der Waals surface area (Å²) in [4.78, 5) is 0. The Morgan fingerprint density at radius 3 is 0.867 bits per heavy atom. The molecular formula is C58H48Si2. The van der Waals surface area contributed by atoms with Crippen molar-refractivity contribution in [3.63, 3.8) is 0 Å². The average Bonchev–Trinajstić information content (AvgIpc) is 3.26. The Bertz CT molecular complexity index is 3370. The molecule has 0 amide bonds. The lowest BCUT2D eigenvalue weighted by Crippen LogP contribution is -2.45. The molecule has 0 heterocycles. The van der Waals surface area contributed by atoms with Crippen LogP contribution in [-0.2, 0) is 0 Å². The predicted octanol–water partition coefficient (Wildman–Crippen LogP) is 15.8. The van der Waals surface area contributed by atoms with Crippen LogP contribution in [0, 0.1) is 0 Å². The second-order valence-corrected chi connectivity index (χ2v) is 29.2. The highest BCUT2D eigenvalue weighted by Crippen LogP contribution is 2.49. The Morgan fingerprint density at radius 2 is 0.550 bits per heavy atom. The zero-order chi connectivity index (χ0) is 40.9. The molecule has 11 aromatic rings. The summed E-state index contributed by atoms with van der Waals surface area (Å²) in [6.07, 6.45) is 0. The van der Waals surface area contributed by atoms with Crippen LogP contribution in [0.15, 0.2) is 182 Å². The SMILES string of the molecule is C[Si](C)(C)c1cc(-c2cc(-c3ccc4ccccc4c3)c3ccc4c(-c5ccc6ccccc6c5)cc(-c5ccc6ccccc6c5)c5ccc2c3c54)cc([Si](C)(C)C)c1. The Labute approximate surface area is 355 Å². The highest BCUT2D eigenvalue weighted by molar-refractivity contribution is 6.91. The molecule has 0 aliphatic carbocycles. The van der Waals surface area contributed by atoms with Gasteiger partial charge in [0.1, 0.15) is 0 Å². The molecule has 0 atom stereocenters. The van der Waals surface area contributed by atoms with E-state index < -0.39 is 16.1 Å². The number of benzene rings is 11. The summed E-state index contributed by atoms with van der Waals surface area (Å²) >= 11 is 0. The molecule has 2 heteroatoms. The molecule has 0 saturated carbocycles. The Morgan fingerprint density at radius 1 is 0.250 bits per heavy atom. The molecule has 0 unspecified atom stereocenters. The normalized spacial score (nSPS) is 12.5. The van der Waals surface area contributed by atoms with E-state index in [2.05, 4.69) is 221 Å². The molecule has 11 aromatic carbocycles. The van der Waals surface area contributed by atoms with Crippen molar-refractivity contribution >= 4 is 91.2 Å². The monoisotopic (exact) mass is 800 g/mol. The number of fused-ring (bicyclic) bond motifs is 3. The lowest BCUT2D eigenvalue weighted by molar-refractivity contribution is 1.63. The molecule has 60 heavy (non-hydrogen) atoms. The van der Waals surface area contributed by atoms with Gasteiger partial charge in [0.2, 0.25) is 0 Å². The average molecular weight is 801 g/mol. The summed E-state index contributed by atoms with van der Waals surface area (Å²) in [5, 5.41) is 18.5. The maximum Gasteiger partial charge on any atom is 0.0776 e. The highest BCUT2D eigenvalue weighted by Gasteiger charge is 2.26. The first-order valence-electron chi connectivity index (χ1n) is 21.4. The van der Waals surface area contributed by atoms with Gasteiger partial charge in [0.25, 0.3) is 0 Å². The fourth-order valence-electron chi connectivity index (χ4n) is 9.67. The summed E-state index contributed by atoms with van der Waals surface area (Å²) in [7, 11) is -3.31. The summed E-state index contributed by atoms with van der Waals surface area (Å²) in [6.45, 7) is 15.0. The molecule has 0 saturated heterocycles. The lowest BCUT2D eigenvalue weighted by Gasteiger charge is -2.26. The van der Waals surface area contributed by atoms with Gasteiger partial charge in [0.05, 0.1) is 16.1 Å². The van der Waals surface area contributed by atoms with Crippen LogP contribution in [0.5, 0.6) is 0 Å². The molecule has 0 aliphatic heterocycles. The van der Waals surface area contributed by atoms with Crippen molar-refractivity contribution in [1.29, 1.82) is 0 Å². The van der Waals surface area contributed by atoms with Crippen molar-refractivity contribution in [2.75, 3.05) is 0 Å². The standard InChI is InChI=1S/C58H48Si2/c1-59(2,3)47-32-46(33-48(34-47)60(4,5)6)56-36-55(45-24-21-39-15-9-12-18-42(39)31-45)51-26-25-49-53(43-22-19-37-13-7-10-16-40(37)29-43)35-54(50-27-28-52(56)58(51)57(49)50)44-23-20-38-14-8-11-17-41(38)30-44/h7-36H,1-6H3. The van der Waals surface area contributed by atoms with Gasteiger partial charge in [-0.15, -0.1) is 0 Å². The van der Waals surface area contributed by atoms with Crippen LogP contribution in [0.4, 0.5) is 0 Å². The van der Waals surface area contributed by atoms with E-state index in [1.807, 2.05) is 0 Å². The quantitative estimate of drug-likeness (QED) is 0.116. The molecule has 0 fully saturated rings. The zero-order valence-corrected chi connectivity index (χ0v) is 37.3. The lowest BCUT2D eigenvalue weighted by atomic mass is 9.81. The summed E-state index contributed by atoms with van der Waals surface area (Å²) in [6, 6.07) is 69.6. The first-order chi connectivity index (χ1) is 29.0. The fraction of sp³-hybridized carbons (Fsp3) is 0.103. The van der Waals surface area contributed by atoms with Crippen LogP contribution in [0.2, 0.25) is 39.3 Å². The van der Waals surface area contributed by atoms with Gasteiger partial charge in [0, 0.05) is 0 Å². The van der Waals surface area contributed by atoms with Crippen LogP contribution in [0.25, 0.3) is 109 Å². The minimum absolute atomic E-state index is 1.24. The van der Waals surface area contributed by atoms with Gasteiger partial charge >= 0.3 is 0 Å². The van der Waals surface area contributed by atoms with E-state index in [0.29, 0.717) is 0 Å². The molecule has 0 nitrogen and oxygen atoms in total. The maximum absolute atomic E-state index is 2.56. The Kier molecular flexibility index (Phi) is 8.33. The highest BCUT2D eigenvalue weighted by atomic mass is 28.3. The summed E-state index contributed by atoms with van der Waals surface area (Å²) < 4.78 is 0. The van der Waals surface area contributed by atoms with Gasteiger partial charge in [-0.3, -0.25) is 0 Å². The van der Waals surface area contributed by atoms with Gasteiger partial charge in [0.15, 0.2) is 0 Å².